The first-order valence-corrected chi connectivity index (χ1v) is 4.84. The van der Waals surface area contributed by atoms with E-state index in [2.05, 4.69) is 16.6 Å². The minimum Gasteiger partial charge on any atom is -0.481 e. The van der Waals surface area contributed by atoms with Gasteiger partial charge < -0.3 is 20.8 Å². The van der Waals surface area contributed by atoms with E-state index in [9.17, 15) is 14.4 Å². The minimum atomic E-state index is -1.30. The molecule has 0 aliphatic rings. The lowest BCUT2D eigenvalue weighted by Crippen LogP contribution is -2.48. The molecule has 7 heteroatoms. The number of carboxylic acids is 2. The van der Waals surface area contributed by atoms with E-state index in [1.54, 1.807) is 6.92 Å². The summed E-state index contributed by atoms with van der Waals surface area (Å²) in [6, 6.07) is -2.53. The molecule has 17 heavy (non-hydrogen) atoms. The maximum Gasteiger partial charge on any atom is 0.326 e. The number of rotatable bonds is 6. The van der Waals surface area contributed by atoms with Gasteiger partial charge in [0.2, 0.25) is 0 Å². The standard InChI is InChI=1S/C10H14N2O5/c1-3-6(2)11-10(17)12-7(9(15)16)4-5-8(13)14/h1,6-7H,4-5H2,2H3,(H,13,14)(H,15,16)(H2,11,12,17). The number of nitrogens with one attached hydrogen (secondary N) is 2. The van der Waals surface area contributed by atoms with Crippen LogP contribution >= 0.6 is 0 Å². The molecule has 2 atom stereocenters. The molecule has 0 fully saturated rings. The summed E-state index contributed by atoms with van der Waals surface area (Å²) >= 11 is 0. The van der Waals surface area contributed by atoms with E-state index in [0.717, 1.165) is 0 Å². The van der Waals surface area contributed by atoms with Crippen molar-refractivity contribution in [3.8, 4) is 12.3 Å². The Balaban J connectivity index is 4.26. The zero-order valence-electron chi connectivity index (χ0n) is 9.27. The summed E-state index contributed by atoms with van der Waals surface area (Å²) < 4.78 is 0. The number of urea groups is 1. The Labute approximate surface area is 98.2 Å². The van der Waals surface area contributed by atoms with Crippen molar-refractivity contribution in [1.82, 2.24) is 10.6 Å². The first kappa shape index (κ1) is 14.8. The molecule has 0 aliphatic heterocycles. The summed E-state index contributed by atoms with van der Waals surface area (Å²) in [4.78, 5) is 32.3. The summed E-state index contributed by atoms with van der Waals surface area (Å²) in [5, 5.41) is 21.6. The molecule has 2 amide bonds. The maximum absolute atomic E-state index is 11.2. The van der Waals surface area contributed by atoms with Gasteiger partial charge in [-0.1, -0.05) is 5.92 Å². The van der Waals surface area contributed by atoms with Crippen molar-refractivity contribution in [3.63, 3.8) is 0 Å². The largest absolute Gasteiger partial charge is 0.481 e. The number of carboxylic acid groups (broad SMARTS) is 2. The molecule has 0 aliphatic carbocycles. The van der Waals surface area contributed by atoms with Gasteiger partial charge in [0.05, 0.1) is 6.04 Å². The van der Waals surface area contributed by atoms with Crippen LogP contribution in [0.5, 0.6) is 0 Å². The molecule has 0 bridgehead atoms. The number of hydrogen-bond donors (Lipinski definition) is 4. The second-order valence-electron chi connectivity index (χ2n) is 3.33. The number of carbonyl (C=O) groups is 3. The topological polar surface area (TPSA) is 116 Å². The second-order valence-corrected chi connectivity index (χ2v) is 3.33. The van der Waals surface area contributed by atoms with Crippen LogP contribution in [0.4, 0.5) is 4.79 Å². The van der Waals surface area contributed by atoms with E-state index in [1.165, 1.54) is 0 Å². The summed E-state index contributed by atoms with van der Waals surface area (Å²) in [7, 11) is 0. The molecule has 7 nitrogen and oxygen atoms in total. The fourth-order valence-electron chi connectivity index (χ4n) is 0.963. The Morgan fingerprint density at radius 2 is 1.88 bits per heavy atom. The molecule has 2 unspecified atom stereocenters. The third-order valence-corrected chi connectivity index (χ3v) is 1.85. The van der Waals surface area contributed by atoms with Crippen LogP contribution in [0.2, 0.25) is 0 Å². The molecule has 0 saturated carbocycles. The Kier molecular flexibility index (Phi) is 6.18. The van der Waals surface area contributed by atoms with Crippen molar-refractivity contribution in [2.24, 2.45) is 0 Å². The first-order chi connectivity index (χ1) is 7.86. The van der Waals surface area contributed by atoms with Crippen LogP contribution in [0.15, 0.2) is 0 Å². The number of carbonyl (C=O) groups excluding carboxylic acids is 1. The lowest BCUT2D eigenvalue weighted by atomic mass is 10.1. The minimum absolute atomic E-state index is 0.192. The van der Waals surface area contributed by atoms with Gasteiger partial charge in [-0.15, -0.1) is 6.42 Å². The van der Waals surface area contributed by atoms with E-state index in [4.69, 9.17) is 16.6 Å². The molecule has 0 aromatic heterocycles. The Hall–Kier alpha value is -2.23. The highest BCUT2D eigenvalue weighted by Crippen LogP contribution is 1.98. The lowest BCUT2D eigenvalue weighted by molar-refractivity contribution is -0.140. The van der Waals surface area contributed by atoms with Gasteiger partial charge in [-0.3, -0.25) is 4.79 Å². The van der Waals surface area contributed by atoms with Crippen molar-refractivity contribution >= 4 is 18.0 Å². The highest BCUT2D eigenvalue weighted by molar-refractivity contribution is 5.83. The predicted molar refractivity (Wildman–Crippen MR) is 58.3 cm³/mol. The zero-order valence-corrected chi connectivity index (χ0v) is 9.27. The molecular formula is C10H14N2O5. The molecule has 0 spiro atoms. The molecular weight excluding hydrogens is 228 g/mol. The van der Waals surface area contributed by atoms with E-state index in [0.29, 0.717) is 0 Å². The van der Waals surface area contributed by atoms with Crippen LogP contribution in [-0.2, 0) is 9.59 Å². The molecule has 0 rings (SSSR count). The summed E-state index contributed by atoms with van der Waals surface area (Å²) in [5.41, 5.74) is 0. The first-order valence-electron chi connectivity index (χ1n) is 4.84. The van der Waals surface area contributed by atoms with E-state index < -0.39 is 30.1 Å². The van der Waals surface area contributed by atoms with Crippen LogP contribution in [0, 0.1) is 12.3 Å². The van der Waals surface area contributed by atoms with Gasteiger partial charge in [0.15, 0.2) is 0 Å². The summed E-state index contributed by atoms with van der Waals surface area (Å²) in [5.74, 6) is -0.191. The average molecular weight is 242 g/mol. The SMILES string of the molecule is C#CC(C)NC(=O)NC(CCC(=O)O)C(=O)O. The Bertz CT molecular complexity index is 347. The fraction of sp³-hybridized carbons (Fsp3) is 0.500. The monoisotopic (exact) mass is 242 g/mol. The van der Waals surface area contributed by atoms with Gasteiger partial charge in [-0.2, -0.15) is 0 Å². The third kappa shape index (κ3) is 6.78. The number of terminal acetylenes is 1. The normalized spacial score (nSPS) is 12.9. The molecule has 0 radical (unpaired) electrons. The van der Waals surface area contributed by atoms with Gasteiger partial charge in [-0.25, -0.2) is 9.59 Å². The van der Waals surface area contributed by atoms with Crippen molar-refractivity contribution in [2.75, 3.05) is 0 Å². The van der Waals surface area contributed by atoms with Crippen molar-refractivity contribution in [2.45, 2.75) is 31.8 Å². The van der Waals surface area contributed by atoms with Gasteiger partial charge in [-0.05, 0) is 13.3 Å². The molecule has 4 N–H and O–H groups in total. The van der Waals surface area contributed by atoms with Crippen LogP contribution in [0.1, 0.15) is 19.8 Å². The maximum atomic E-state index is 11.2. The number of amides is 2. The molecule has 0 heterocycles. The molecule has 0 aromatic rings. The highest BCUT2D eigenvalue weighted by Gasteiger charge is 2.21. The summed E-state index contributed by atoms with van der Waals surface area (Å²) in [6.07, 6.45) is 4.49. The highest BCUT2D eigenvalue weighted by atomic mass is 16.4. The smallest absolute Gasteiger partial charge is 0.326 e. The fourth-order valence-corrected chi connectivity index (χ4v) is 0.963. The van der Waals surface area contributed by atoms with E-state index >= 15 is 0 Å². The van der Waals surface area contributed by atoms with Gasteiger partial charge in [0.1, 0.15) is 6.04 Å². The molecule has 94 valence electrons. The van der Waals surface area contributed by atoms with Crippen molar-refractivity contribution in [3.05, 3.63) is 0 Å². The van der Waals surface area contributed by atoms with Gasteiger partial charge >= 0.3 is 18.0 Å². The average Bonchev–Trinajstić information content (AvgIpc) is 2.23. The van der Waals surface area contributed by atoms with Crippen LogP contribution < -0.4 is 10.6 Å². The lowest BCUT2D eigenvalue weighted by Gasteiger charge is -2.15. The Morgan fingerprint density at radius 3 is 2.29 bits per heavy atom. The zero-order chi connectivity index (χ0) is 13.4. The van der Waals surface area contributed by atoms with E-state index in [-0.39, 0.29) is 12.8 Å². The van der Waals surface area contributed by atoms with Gasteiger partial charge in [0, 0.05) is 6.42 Å². The van der Waals surface area contributed by atoms with E-state index in [1.807, 2.05) is 0 Å². The van der Waals surface area contributed by atoms with Crippen LogP contribution in [-0.4, -0.2) is 40.3 Å². The second kappa shape index (κ2) is 7.11. The Morgan fingerprint density at radius 1 is 1.29 bits per heavy atom. The van der Waals surface area contributed by atoms with Crippen LogP contribution in [0.3, 0.4) is 0 Å². The third-order valence-electron chi connectivity index (χ3n) is 1.85. The number of hydrogen-bond acceptors (Lipinski definition) is 3. The molecule has 0 saturated heterocycles. The van der Waals surface area contributed by atoms with Gasteiger partial charge in [0.25, 0.3) is 0 Å². The number of aliphatic carboxylic acids is 2. The van der Waals surface area contributed by atoms with Crippen molar-refractivity contribution in [1.29, 1.82) is 0 Å². The molecule has 0 aromatic carbocycles. The van der Waals surface area contributed by atoms with Crippen molar-refractivity contribution < 1.29 is 24.6 Å². The quantitative estimate of drug-likeness (QED) is 0.474. The predicted octanol–water partition coefficient (Wildman–Crippen LogP) is -0.375. The summed E-state index contributed by atoms with van der Waals surface area (Å²) in [6.45, 7) is 1.55. The van der Waals surface area contributed by atoms with Crippen LogP contribution in [0.25, 0.3) is 0 Å².